The number of ether oxygens (including phenoxy) is 1. The predicted octanol–water partition coefficient (Wildman–Crippen LogP) is 4.76. The van der Waals surface area contributed by atoms with Crippen molar-refractivity contribution in [1.29, 1.82) is 0 Å². The van der Waals surface area contributed by atoms with Crippen LogP contribution in [0, 0.1) is 0 Å². The van der Waals surface area contributed by atoms with Crippen LogP contribution >= 0.6 is 0 Å². The van der Waals surface area contributed by atoms with Crippen LogP contribution in [0.25, 0.3) is 11.1 Å². The summed E-state index contributed by atoms with van der Waals surface area (Å²) in [6.07, 6.45) is 0.420. The highest BCUT2D eigenvalue weighted by atomic mass is 19.3. The van der Waals surface area contributed by atoms with Gasteiger partial charge in [-0.1, -0.05) is 36.4 Å². The van der Waals surface area contributed by atoms with Crippen LogP contribution < -0.4 is 0 Å². The van der Waals surface area contributed by atoms with E-state index >= 15 is 0 Å². The summed E-state index contributed by atoms with van der Waals surface area (Å²) in [5, 5.41) is 0. The molecule has 26 heavy (non-hydrogen) atoms. The fraction of sp³-hybridized carbons (Fsp3) is 0.381. The van der Waals surface area contributed by atoms with Gasteiger partial charge in [0.15, 0.2) is 0 Å². The minimum Gasteiger partial charge on any atom is -0.462 e. The Hall–Kier alpha value is -2.27. The van der Waals surface area contributed by atoms with E-state index in [0.717, 1.165) is 16.7 Å². The molecule has 0 unspecified atom stereocenters. The van der Waals surface area contributed by atoms with Crippen LogP contribution in [0.3, 0.4) is 0 Å². The lowest BCUT2D eigenvalue weighted by atomic mass is 9.96. The minimum absolute atomic E-state index is 0.0576. The molecule has 138 valence electrons. The van der Waals surface area contributed by atoms with Gasteiger partial charge >= 0.3 is 5.97 Å². The number of nitrogens with zero attached hydrogens (tertiary/aromatic N) is 1. The van der Waals surface area contributed by atoms with E-state index in [-0.39, 0.29) is 13.0 Å². The van der Waals surface area contributed by atoms with Gasteiger partial charge in [0.05, 0.1) is 18.7 Å². The molecule has 0 amide bonds. The van der Waals surface area contributed by atoms with Gasteiger partial charge in [-0.3, -0.25) is 4.90 Å². The van der Waals surface area contributed by atoms with E-state index < -0.39 is 11.9 Å². The topological polar surface area (TPSA) is 29.5 Å². The number of benzene rings is 2. The Morgan fingerprint density at radius 1 is 1.19 bits per heavy atom. The molecule has 0 spiro atoms. The molecule has 1 saturated heterocycles. The van der Waals surface area contributed by atoms with Crippen molar-refractivity contribution in [2.24, 2.45) is 0 Å². The fourth-order valence-electron chi connectivity index (χ4n) is 3.39. The van der Waals surface area contributed by atoms with Crippen LogP contribution in [0.4, 0.5) is 8.78 Å². The third-order valence-corrected chi connectivity index (χ3v) is 4.57. The summed E-state index contributed by atoms with van der Waals surface area (Å²) in [5.41, 5.74) is 3.26. The molecule has 1 heterocycles. The number of hydrogen-bond acceptors (Lipinski definition) is 3. The smallest absolute Gasteiger partial charge is 0.338 e. The van der Waals surface area contributed by atoms with Crippen molar-refractivity contribution >= 4 is 5.97 Å². The first-order chi connectivity index (χ1) is 12.5. The molecule has 1 aliphatic rings. The Labute approximate surface area is 152 Å². The van der Waals surface area contributed by atoms with E-state index in [1.165, 1.54) is 0 Å². The molecular formula is C21H23F2NO2. The van der Waals surface area contributed by atoms with E-state index in [9.17, 15) is 13.6 Å². The van der Waals surface area contributed by atoms with Crippen molar-refractivity contribution in [1.82, 2.24) is 4.90 Å². The highest BCUT2D eigenvalue weighted by Crippen LogP contribution is 2.30. The molecule has 0 N–H and O–H groups in total. The average Bonchev–Trinajstić information content (AvgIpc) is 2.62. The van der Waals surface area contributed by atoms with Gasteiger partial charge in [-0.15, -0.1) is 0 Å². The molecule has 2 aromatic carbocycles. The first-order valence-electron chi connectivity index (χ1n) is 8.94. The summed E-state index contributed by atoms with van der Waals surface area (Å²) in [6, 6.07) is 15.1. The Balaban J connectivity index is 1.93. The van der Waals surface area contributed by atoms with Crippen LogP contribution in [0.5, 0.6) is 0 Å². The van der Waals surface area contributed by atoms with Crippen molar-refractivity contribution in [3.63, 3.8) is 0 Å². The van der Waals surface area contributed by atoms with Crippen LogP contribution in [-0.4, -0.2) is 36.5 Å². The van der Waals surface area contributed by atoms with Crippen LogP contribution in [0.2, 0.25) is 0 Å². The molecule has 0 aromatic heterocycles. The zero-order valence-electron chi connectivity index (χ0n) is 14.9. The molecule has 3 rings (SSSR count). The number of alkyl halides is 2. The van der Waals surface area contributed by atoms with Gasteiger partial charge in [0, 0.05) is 13.0 Å². The zero-order chi connectivity index (χ0) is 18.6. The third-order valence-electron chi connectivity index (χ3n) is 4.57. The Bertz CT molecular complexity index is 762. The number of halogens is 2. The summed E-state index contributed by atoms with van der Waals surface area (Å²) in [5.74, 6) is -3.04. The van der Waals surface area contributed by atoms with Crippen molar-refractivity contribution in [3.05, 3.63) is 59.7 Å². The number of carbonyl (C=O) groups is 1. The average molecular weight is 359 g/mol. The molecule has 0 bridgehead atoms. The molecular weight excluding hydrogens is 336 g/mol. The molecule has 3 nitrogen and oxygen atoms in total. The molecule has 0 aliphatic carbocycles. The van der Waals surface area contributed by atoms with Gasteiger partial charge in [-0.2, -0.15) is 0 Å². The molecule has 1 fully saturated rings. The van der Waals surface area contributed by atoms with Crippen LogP contribution in [0.15, 0.2) is 48.5 Å². The summed E-state index contributed by atoms with van der Waals surface area (Å²) in [7, 11) is 0. The highest BCUT2D eigenvalue weighted by Gasteiger charge is 2.35. The lowest BCUT2D eigenvalue weighted by Gasteiger charge is -2.33. The Morgan fingerprint density at radius 3 is 2.65 bits per heavy atom. The maximum absolute atomic E-state index is 13.8. The summed E-state index contributed by atoms with van der Waals surface area (Å²) < 4.78 is 32.6. The maximum atomic E-state index is 13.8. The van der Waals surface area contributed by atoms with Crippen molar-refractivity contribution in [2.45, 2.75) is 32.2 Å². The lowest BCUT2D eigenvalue weighted by Crippen LogP contribution is -2.42. The molecule has 0 radical (unpaired) electrons. The maximum Gasteiger partial charge on any atom is 0.338 e. The first-order valence-corrected chi connectivity index (χ1v) is 8.94. The van der Waals surface area contributed by atoms with Gasteiger partial charge in [0.25, 0.3) is 5.92 Å². The van der Waals surface area contributed by atoms with Crippen molar-refractivity contribution in [3.8, 4) is 11.1 Å². The number of esters is 1. The Kier molecular flexibility index (Phi) is 5.67. The van der Waals surface area contributed by atoms with E-state index in [1.807, 2.05) is 36.4 Å². The van der Waals surface area contributed by atoms with Gasteiger partial charge in [-0.25, -0.2) is 13.6 Å². The molecule has 5 heteroatoms. The molecule has 1 aliphatic heterocycles. The molecule has 0 saturated carbocycles. The largest absolute Gasteiger partial charge is 0.462 e. The number of carbonyl (C=O) groups excluding carboxylic acids is 1. The number of rotatable bonds is 5. The van der Waals surface area contributed by atoms with Crippen molar-refractivity contribution < 1.29 is 18.3 Å². The Morgan fingerprint density at radius 2 is 1.96 bits per heavy atom. The van der Waals surface area contributed by atoms with E-state index in [2.05, 4.69) is 0 Å². The van der Waals surface area contributed by atoms with Gasteiger partial charge < -0.3 is 4.74 Å². The SMILES string of the molecule is CCOC(=O)c1ccc(-c2ccccc2)c(CN2CCCC(F)(F)C2)c1. The second kappa shape index (κ2) is 7.96. The molecule has 2 aromatic rings. The summed E-state index contributed by atoms with van der Waals surface area (Å²) in [4.78, 5) is 13.8. The first kappa shape index (κ1) is 18.5. The zero-order valence-corrected chi connectivity index (χ0v) is 14.9. The quantitative estimate of drug-likeness (QED) is 0.721. The fourth-order valence-corrected chi connectivity index (χ4v) is 3.39. The summed E-state index contributed by atoms with van der Waals surface area (Å²) in [6.45, 7) is 2.82. The lowest BCUT2D eigenvalue weighted by molar-refractivity contribution is -0.0660. The van der Waals surface area contributed by atoms with Crippen LogP contribution in [-0.2, 0) is 11.3 Å². The van der Waals surface area contributed by atoms with Gasteiger partial charge in [0.2, 0.25) is 0 Å². The normalized spacial score (nSPS) is 17.0. The molecule has 0 atom stereocenters. The minimum atomic E-state index is -2.65. The third kappa shape index (κ3) is 4.47. The van der Waals surface area contributed by atoms with Gasteiger partial charge in [0.1, 0.15) is 0 Å². The standard InChI is InChI=1S/C21H23F2NO2/c1-2-26-20(25)17-9-10-19(16-7-4-3-5-8-16)18(13-17)14-24-12-6-11-21(22,23)15-24/h3-5,7-10,13H,2,6,11-12,14-15H2,1H3. The van der Waals surface area contributed by atoms with Gasteiger partial charge in [-0.05, 0) is 48.7 Å². The van der Waals surface area contributed by atoms with E-state index in [1.54, 1.807) is 24.0 Å². The highest BCUT2D eigenvalue weighted by molar-refractivity contribution is 5.90. The number of piperidine rings is 1. The van der Waals surface area contributed by atoms with Crippen LogP contribution in [0.1, 0.15) is 35.7 Å². The second-order valence-corrected chi connectivity index (χ2v) is 6.63. The van der Waals surface area contributed by atoms with E-state index in [0.29, 0.717) is 31.7 Å². The number of hydrogen-bond donors (Lipinski definition) is 0. The predicted molar refractivity (Wildman–Crippen MR) is 97.3 cm³/mol. The monoisotopic (exact) mass is 359 g/mol. The summed E-state index contributed by atoms with van der Waals surface area (Å²) >= 11 is 0. The van der Waals surface area contributed by atoms with E-state index in [4.69, 9.17) is 4.74 Å². The second-order valence-electron chi connectivity index (χ2n) is 6.63. The van der Waals surface area contributed by atoms with Crippen molar-refractivity contribution in [2.75, 3.05) is 19.7 Å². The number of likely N-dealkylation sites (tertiary alicyclic amines) is 1.